The van der Waals surface area contributed by atoms with Gasteiger partial charge in [0.15, 0.2) is 0 Å². The molecule has 1 aromatic heterocycles. The van der Waals surface area contributed by atoms with E-state index < -0.39 is 17.6 Å². The molecule has 2 fully saturated rings. The number of alkyl halides is 3. The van der Waals surface area contributed by atoms with Crippen LogP contribution in [0.4, 0.5) is 13.2 Å². The molecule has 10 heteroatoms. The van der Waals surface area contributed by atoms with E-state index in [1.54, 1.807) is 7.11 Å². The van der Waals surface area contributed by atoms with Crippen LogP contribution in [0.2, 0.25) is 0 Å². The summed E-state index contributed by atoms with van der Waals surface area (Å²) in [5.74, 6) is 0.0528. The molecule has 1 saturated heterocycles. The number of nitrogens with zero attached hydrogens (tertiary/aromatic N) is 2. The maximum absolute atomic E-state index is 12.9. The highest BCUT2D eigenvalue weighted by molar-refractivity contribution is 5.96. The van der Waals surface area contributed by atoms with Gasteiger partial charge in [-0.1, -0.05) is 12.1 Å². The normalized spacial score (nSPS) is 22.7. The van der Waals surface area contributed by atoms with Crippen molar-refractivity contribution in [3.8, 4) is 5.88 Å². The van der Waals surface area contributed by atoms with Crippen molar-refractivity contribution in [1.82, 2.24) is 20.5 Å². The third kappa shape index (κ3) is 6.54. The van der Waals surface area contributed by atoms with E-state index in [9.17, 15) is 22.8 Å². The van der Waals surface area contributed by atoms with Gasteiger partial charge >= 0.3 is 6.18 Å². The van der Waals surface area contributed by atoms with Crippen LogP contribution in [0.3, 0.4) is 0 Å². The third-order valence-corrected chi connectivity index (χ3v) is 7.10. The fraction of sp³-hybridized carbons (Fsp3) is 0.500. The zero-order valence-corrected chi connectivity index (χ0v) is 20.2. The number of benzene rings is 1. The first-order valence-corrected chi connectivity index (χ1v) is 12.2. The van der Waals surface area contributed by atoms with Crippen LogP contribution in [0.15, 0.2) is 42.6 Å². The monoisotopic (exact) mass is 504 g/mol. The lowest BCUT2D eigenvalue weighted by Gasteiger charge is -2.34. The smallest absolute Gasteiger partial charge is 0.416 e. The van der Waals surface area contributed by atoms with E-state index in [0.717, 1.165) is 57.3 Å². The summed E-state index contributed by atoms with van der Waals surface area (Å²) in [7, 11) is 1.61. The summed E-state index contributed by atoms with van der Waals surface area (Å²) in [6, 6.07) is 8.60. The maximum atomic E-state index is 12.9. The summed E-state index contributed by atoms with van der Waals surface area (Å²) in [5.41, 5.74) is 0.207. The lowest BCUT2D eigenvalue weighted by atomic mass is 9.82. The second kappa shape index (κ2) is 11.3. The van der Waals surface area contributed by atoms with Gasteiger partial charge in [0.25, 0.3) is 5.91 Å². The molecule has 194 valence electrons. The first-order chi connectivity index (χ1) is 17.2. The number of amides is 2. The van der Waals surface area contributed by atoms with Crippen molar-refractivity contribution in [2.75, 3.05) is 26.7 Å². The number of aromatic nitrogens is 1. The number of ether oxygens (including phenoxy) is 1. The highest BCUT2D eigenvalue weighted by Crippen LogP contribution is 2.36. The average molecular weight is 505 g/mol. The quantitative estimate of drug-likeness (QED) is 0.600. The van der Waals surface area contributed by atoms with Crippen molar-refractivity contribution in [3.63, 3.8) is 0 Å². The standard InChI is InChI=1S/C26H31F3N4O3/c1-36-24-10-7-19(14-30-24)17-5-8-22(9-6-17)33-12-11-21(16-33)32-23(34)15-31-25(35)18-3-2-4-20(13-18)26(27,28)29/h2-4,7,10,13-14,17,21-22H,5-6,8-9,11-12,15-16H2,1H3,(H,31,35)(H,32,34)/t17?,21-,22?/m1/s1. The minimum absolute atomic E-state index is 0.00790. The van der Waals surface area contributed by atoms with Crippen molar-refractivity contribution in [2.45, 2.75) is 56.3 Å². The summed E-state index contributed by atoms with van der Waals surface area (Å²) in [5, 5.41) is 5.35. The second-order valence-corrected chi connectivity index (χ2v) is 9.45. The Kier molecular flexibility index (Phi) is 8.13. The molecule has 1 aromatic carbocycles. The molecule has 2 aromatic rings. The molecule has 1 saturated carbocycles. The number of carbonyl (C=O) groups excluding carboxylic acids is 2. The van der Waals surface area contributed by atoms with Crippen molar-refractivity contribution in [2.24, 2.45) is 0 Å². The molecule has 2 N–H and O–H groups in total. The van der Waals surface area contributed by atoms with Crippen LogP contribution in [-0.2, 0) is 11.0 Å². The van der Waals surface area contributed by atoms with Crippen LogP contribution in [0.25, 0.3) is 0 Å². The number of halogens is 3. The van der Waals surface area contributed by atoms with E-state index in [-0.39, 0.29) is 24.1 Å². The van der Waals surface area contributed by atoms with Crippen LogP contribution in [0.5, 0.6) is 5.88 Å². The number of hydrogen-bond donors (Lipinski definition) is 2. The molecule has 1 aliphatic carbocycles. The Bertz CT molecular complexity index is 1050. The van der Waals surface area contributed by atoms with Gasteiger partial charge in [-0.15, -0.1) is 0 Å². The van der Waals surface area contributed by atoms with Crippen molar-refractivity contribution >= 4 is 11.8 Å². The molecule has 2 amide bonds. The molecular formula is C26H31F3N4O3. The van der Waals surface area contributed by atoms with Gasteiger partial charge in [-0.25, -0.2) is 4.98 Å². The first kappa shape index (κ1) is 25.9. The van der Waals surface area contributed by atoms with Gasteiger partial charge in [-0.3, -0.25) is 14.5 Å². The zero-order chi connectivity index (χ0) is 25.7. The second-order valence-electron chi connectivity index (χ2n) is 9.45. The van der Waals surface area contributed by atoms with Crippen LogP contribution in [0.1, 0.15) is 59.5 Å². The summed E-state index contributed by atoms with van der Waals surface area (Å²) in [4.78, 5) is 31.3. The Morgan fingerprint density at radius 3 is 2.56 bits per heavy atom. The molecule has 2 heterocycles. The first-order valence-electron chi connectivity index (χ1n) is 12.2. The molecule has 0 unspecified atom stereocenters. The largest absolute Gasteiger partial charge is 0.481 e. The van der Waals surface area contributed by atoms with Crippen LogP contribution >= 0.6 is 0 Å². The molecular weight excluding hydrogens is 473 g/mol. The van der Waals surface area contributed by atoms with E-state index in [0.29, 0.717) is 17.8 Å². The molecule has 0 spiro atoms. The zero-order valence-electron chi connectivity index (χ0n) is 20.2. The number of likely N-dealkylation sites (tertiary alicyclic amines) is 1. The molecule has 4 rings (SSSR count). The van der Waals surface area contributed by atoms with E-state index in [1.165, 1.54) is 17.7 Å². The highest BCUT2D eigenvalue weighted by Gasteiger charge is 2.33. The number of hydrogen-bond acceptors (Lipinski definition) is 5. The minimum atomic E-state index is -4.53. The van der Waals surface area contributed by atoms with Gasteiger partial charge in [0.2, 0.25) is 11.8 Å². The SMILES string of the molecule is COc1ccc(C2CCC(N3CC[C@@H](NC(=O)CNC(=O)c4cccc(C(F)(F)F)c4)C3)CC2)cn1. The Morgan fingerprint density at radius 1 is 1.11 bits per heavy atom. The Hall–Kier alpha value is -3.14. The van der Waals surface area contributed by atoms with Crippen molar-refractivity contribution < 1.29 is 27.5 Å². The number of methoxy groups -OCH3 is 1. The third-order valence-electron chi connectivity index (χ3n) is 7.10. The molecule has 7 nitrogen and oxygen atoms in total. The summed E-state index contributed by atoms with van der Waals surface area (Å²) in [6.07, 6.45) is 2.55. The predicted octanol–water partition coefficient (Wildman–Crippen LogP) is 3.76. The van der Waals surface area contributed by atoms with E-state index in [1.807, 2.05) is 12.3 Å². The van der Waals surface area contributed by atoms with Gasteiger partial charge in [0.05, 0.1) is 19.2 Å². The Morgan fingerprint density at radius 2 is 1.89 bits per heavy atom. The molecule has 36 heavy (non-hydrogen) atoms. The van der Waals surface area contributed by atoms with E-state index in [2.05, 4.69) is 26.6 Å². The molecule has 0 bridgehead atoms. The minimum Gasteiger partial charge on any atom is -0.481 e. The fourth-order valence-electron chi connectivity index (χ4n) is 5.14. The molecule has 1 aliphatic heterocycles. The van der Waals surface area contributed by atoms with Crippen LogP contribution in [-0.4, -0.2) is 60.5 Å². The summed E-state index contributed by atoms with van der Waals surface area (Å²) in [6.45, 7) is 1.38. The molecule has 1 atom stereocenters. The van der Waals surface area contributed by atoms with E-state index in [4.69, 9.17) is 4.74 Å². The van der Waals surface area contributed by atoms with Gasteiger partial charge in [0.1, 0.15) is 0 Å². The average Bonchev–Trinajstić information content (AvgIpc) is 3.35. The van der Waals surface area contributed by atoms with Crippen LogP contribution < -0.4 is 15.4 Å². The summed E-state index contributed by atoms with van der Waals surface area (Å²) >= 11 is 0. The lowest BCUT2D eigenvalue weighted by molar-refractivity contribution is -0.137. The molecule has 0 radical (unpaired) electrons. The van der Waals surface area contributed by atoms with Gasteiger partial charge in [-0.2, -0.15) is 13.2 Å². The van der Waals surface area contributed by atoms with Gasteiger partial charge in [-0.05, 0) is 61.8 Å². The van der Waals surface area contributed by atoms with Crippen molar-refractivity contribution in [3.05, 3.63) is 59.3 Å². The molecule has 2 aliphatic rings. The maximum Gasteiger partial charge on any atom is 0.416 e. The number of nitrogens with one attached hydrogen (secondary N) is 2. The lowest BCUT2D eigenvalue weighted by Crippen LogP contribution is -2.44. The number of carbonyl (C=O) groups is 2. The number of pyridine rings is 1. The van der Waals surface area contributed by atoms with Crippen LogP contribution in [0, 0.1) is 0 Å². The summed E-state index contributed by atoms with van der Waals surface area (Å²) < 4.78 is 43.7. The fourth-order valence-corrected chi connectivity index (χ4v) is 5.14. The topological polar surface area (TPSA) is 83.6 Å². The highest BCUT2D eigenvalue weighted by atomic mass is 19.4. The van der Waals surface area contributed by atoms with Gasteiger partial charge < -0.3 is 15.4 Å². The number of rotatable bonds is 7. The predicted molar refractivity (Wildman–Crippen MR) is 128 cm³/mol. The van der Waals surface area contributed by atoms with Crippen molar-refractivity contribution in [1.29, 1.82) is 0 Å². The van der Waals surface area contributed by atoms with E-state index >= 15 is 0 Å². The Balaban J connectivity index is 1.19. The van der Waals surface area contributed by atoms with Gasteiger partial charge in [0, 0.05) is 43.0 Å². The Labute approximate surface area is 208 Å².